The number of aromatic nitrogens is 1. The predicted molar refractivity (Wildman–Crippen MR) is 49.8 cm³/mol. The van der Waals surface area contributed by atoms with Gasteiger partial charge in [0, 0.05) is 11.5 Å². The standard InChI is InChI=1S/C8H11BFNO3/c1-5(2)14-8-3-6(9(12)13)7(10)4-11-8/h3-5,12-13H,1-2H3. The normalized spacial score (nSPS) is 10.4. The second kappa shape index (κ2) is 4.39. The first kappa shape index (κ1) is 10.9. The Kier molecular flexibility index (Phi) is 3.43. The van der Waals surface area contributed by atoms with Gasteiger partial charge in [0.05, 0.1) is 12.3 Å². The maximum Gasteiger partial charge on any atom is 0.491 e. The van der Waals surface area contributed by atoms with Crippen LogP contribution in [0.25, 0.3) is 0 Å². The molecule has 0 amide bonds. The van der Waals surface area contributed by atoms with Crippen molar-refractivity contribution in [2.75, 3.05) is 0 Å². The van der Waals surface area contributed by atoms with E-state index >= 15 is 0 Å². The summed E-state index contributed by atoms with van der Waals surface area (Å²) in [6, 6.07) is 1.17. The van der Waals surface area contributed by atoms with Crippen molar-refractivity contribution < 1.29 is 19.2 Å². The van der Waals surface area contributed by atoms with E-state index in [9.17, 15) is 4.39 Å². The van der Waals surface area contributed by atoms with Crippen molar-refractivity contribution in [2.24, 2.45) is 0 Å². The number of rotatable bonds is 3. The summed E-state index contributed by atoms with van der Waals surface area (Å²) in [5.41, 5.74) is -0.240. The minimum absolute atomic E-state index is 0.100. The van der Waals surface area contributed by atoms with Crippen molar-refractivity contribution in [1.29, 1.82) is 0 Å². The monoisotopic (exact) mass is 199 g/mol. The van der Waals surface area contributed by atoms with Crippen LogP contribution in [-0.2, 0) is 0 Å². The van der Waals surface area contributed by atoms with Crippen LogP contribution >= 0.6 is 0 Å². The molecule has 0 aliphatic carbocycles. The van der Waals surface area contributed by atoms with Crippen LogP contribution in [0.3, 0.4) is 0 Å². The van der Waals surface area contributed by atoms with E-state index in [-0.39, 0.29) is 17.4 Å². The highest BCUT2D eigenvalue weighted by molar-refractivity contribution is 6.58. The molecule has 76 valence electrons. The van der Waals surface area contributed by atoms with E-state index in [1.54, 1.807) is 13.8 Å². The van der Waals surface area contributed by atoms with Crippen LogP contribution in [0.15, 0.2) is 12.3 Å². The molecule has 14 heavy (non-hydrogen) atoms. The van der Waals surface area contributed by atoms with Crippen LogP contribution in [0.4, 0.5) is 4.39 Å². The Hall–Kier alpha value is -1.14. The summed E-state index contributed by atoms with van der Waals surface area (Å²) in [5, 5.41) is 17.6. The van der Waals surface area contributed by atoms with Gasteiger partial charge in [0.1, 0.15) is 5.82 Å². The Labute approximate surface area is 81.5 Å². The van der Waals surface area contributed by atoms with Gasteiger partial charge in [-0.15, -0.1) is 0 Å². The molecule has 0 unspecified atom stereocenters. The van der Waals surface area contributed by atoms with Gasteiger partial charge in [-0.2, -0.15) is 0 Å². The predicted octanol–water partition coefficient (Wildman–Crippen LogP) is -0.312. The minimum atomic E-state index is -1.85. The zero-order chi connectivity index (χ0) is 10.7. The third-order valence-corrected chi connectivity index (χ3v) is 1.49. The molecule has 0 saturated heterocycles. The molecule has 0 spiro atoms. The number of ether oxygens (including phenoxy) is 1. The number of hydrogen-bond donors (Lipinski definition) is 2. The lowest BCUT2D eigenvalue weighted by Gasteiger charge is -2.09. The van der Waals surface area contributed by atoms with Gasteiger partial charge >= 0.3 is 7.12 Å². The Morgan fingerprint density at radius 1 is 1.50 bits per heavy atom. The first-order chi connectivity index (χ1) is 6.50. The van der Waals surface area contributed by atoms with Crippen molar-refractivity contribution in [3.63, 3.8) is 0 Å². The highest BCUT2D eigenvalue weighted by Crippen LogP contribution is 2.07. The maximum atomic E-state index is 12.9. The zero-order valence-electron chi connectivity index (χ0n) is 7.94. The van der Waals surface area contributed by atoms with E-state index in [0.717, 1.165) is 6.20 Å². The van der Waals surface area contributed by atoms with Gasteiger partial charge in [0.15, 0.2) is 0 Å². The lowest BCUT2D eigenvalue weighted by Crippen LogP contribution is -2.33. The largest absolute Gasteiger partial charge is 0.491 e. The van der Waals surface area contributed by atoms with Gasteiger partial charge in [0.25, 0.3) is 0 Å². The van der Waals surface area contributed by atoms with E-state index in [2.05, 4.69) is 4.98 Å². The summed E-state index contributed by atoms with van der Waals surface area (Å²) >= 11 is 0. The molecule has 0 saturated carbocycles. The summed E-state index contributed by atoms with van der Waals surface area (Å²) in [6.45, 7) is 3.58. The smallest absolute Gasteiger partial charge is 0.475 e. The summed E-state index contributed by atoms with van der Waals surface area (Å²) in [7, 11) is -1.85. The summed E-state index contributed by atoms with van der Waals surface area (Å²) in [6.07, 6.45) is 0.795. The van der Waals surface area contributed by atoms with E-state index in [1.165, 1.54) is 6.07 Å². The van der Waals surface area contributed by atoms with Gasteiger partial charge in [0.2, 0.25) is 5.88 Å². The fraction of sp³-hybridized carbons (Fsp3) is 0.375. The van der Waals surface area contributed by atoms with Crippen LogP contribution in [0, 0.1) is 5.82 Å². The molecule has 0 aliphatic rings. The summed E-state index contributed by atoms with van der Waals surface area (Å²) < 4.78 is 18.1. The molecule has 0 bridgehead atoms. The Bertz CT molecular complexity index is 319. The number of hydrogen-bond acceptors (Lipinski definition) is 4. The molecule has 2 N–H and O–H groups in total. The van der Waals surface area contributed by atoms with Crippen LogP contribution in [0.5, 0.6) is 5.88 Å². The maximum absolute atomic E-state index is 12.9. The number of nitrogens with zero attached hydrogens (tertiary/aromatic N) is 1. The van der Waals surface area contributed by atoms with Crippen molar-refractivity contribution in [3.05, 3.63) is 18.1 Å². The molecule has 0 aliphatic heterocycles. The van der Waals surface area contributed by atoms with Crippen molar-refractivity contribution in [1.82, 2.24) is 4.98 Å². The third-order valence-electron chi connectivity index (χ3n) is 1.49. The van der Waals surface area contributed by atoms with Gasteiger partial charge in [-0.05, 0) is 13.8 Å². The SMILES string of the molecule is CC(C)Oc1cc(B(O)O)c(F)cn1. The Morgan fingerprint density at radius 2 is 2.14 bits per heavy atom. The van der Waals surface area contributed by atoms with Crippen LogP contribution in [-0.4, -0.2) is 28.3 Å². The molecule has 4 nitrogen and oxygen atoms in total. The van der Waals surface area contributed by atoms with Crippen LogP contribution < -0.4 is 10.2 Å². The fourth-order valence-corrected chi connectivity index (χ4v) is 0.938. The first-order valence-electron chi connectivity index (χ1n) is 4.19. The van der Waals surface area contributed by atoms with Gasteiger partial charge in [-0.1, -0.05) is 0 Å². The lowest BCUT2D eigenvalue weighted by atomic mass is 9.80. The van der Waals surface area contributed by atoms with Gasteiger partial charge < -0.3 is 14.8 Å². The van der Waals surface area contributed by atoms with Gasteiger partial charge in [-0.25, -0.2) is 9.37 Å². The molecule has 6 heteroatoms. The van der Waals surface area contributed by atoms with Crippen molar-refractivity contribution >= 4 is 12.6 Å². The van der Waals surface area contributed by atoms with E-state index < -0.39 is 12.9 Å². The minimum Gasteiger partial charge on any atom is -0.475 e. The summed E-state index contributed by atoms with van der Waals surface area (Å²) in [4.78, 5) is 3.64. The number of pyridine rings is 1. The van der Waals surface area contributed by atoms with Gasteiger partial charge in [-0.3, -0.25) is 0 Å². The second-order valence-electron chi connectivity index (χ2n) is 3.08. The average Bonchev–Trinajstić information content (AvgIpc) is 2.07. The molecule has 1 aromatic heterocycles. The molecule has 1 aromatic rings. The Morgan fingerprint density at radius 3 is 2.64 bits per heavy atom. The van der Waals surface area contributed by atoms with E-state index in [0.29, 0.717) is 0 Å². The van der Waals surface area contributed by atoms with Crippen molar-refractivity contribution in [2.45, 2.75) is 20.0 Å². The zero-order valence-corrected chi connectivity index (χ0v) is 7.94. The van der Waals surface area contributed by atoms with Crippen molar-refractivity contribution in [3.8, 4) is 5.88 Å². The highest BCUT2D eigenvalue weighted by atomic mass is 19.1. The first-order valence-corrected chi connectivity index (χ1v) is 4.19. The molecular weight excluding hydrogens is 188 g/mol. The average molecular weight is 199 g/mol. The fourth-order valence-electron chi connectivity index (χ4n) is 0.938. The molecule has 0 fully saturated rings. The molecular formula is C8H11BFNO3. The molecule has 0 atom stereocenters. The number of halogens is 1. The lowest BCUT2D eigenvalue weighted by molar-refractivity contribution is 0.232. The molecule has 1 rings (SSSR count). The Balaban J connectivity index is 2.94. The summed E-state index contributed by atoms with van der Waals surface area (Å²) in [5.74, 6) is -0.597. The molecule has 0 radical (unpaired) electrons. The van der Waals surface area contributed by atoms with Crippen LogP contribution in [0.1, 0.15) is 13.8 Å². The molecule has 0 aromatic carbocycles. The van der Waals surface area contributed by atoms with E-state index in [4.69, 9.17) is 14.8 Å². The topological polar surface area (TPSA) is 62.6 Å². The highest BCUT2D eigenvalue weighted by Gasteiger charge is 2.18. The molecule has 1 heterocycles. The van der Waals surface area contributed by atoms with Crippen LogP contribution in [0.2, 0.25) is 0 Å². The van der Waals surface area contributed by atoms with E-state index in [1.807, 2.05) is 0 Å². The quantitative estimate of drug-likeness (QED) is 0.655. The third kappa shape index (κ3) is 2.68. The second-order valence-corrected chi connectivity index (χ2v) is 3.08.